The number of nitrogens with one attached hydrogen (secondary N) is 1. The number of carbonyl (C=O) groups is 1. The van der Waals surface area contributed by atoms with E-state index in [-0.39, 0.29) is 18.7 Å². The lowest BCUT2D eigenvalue weighted by atomic mass is 9.96. The molecule has 1 aromatic rings. The van der Waals surface area contributed by atoms with Gasteiger partial charge >= 0.3 is 6.09 Å². The van der Waals surface area contributed by atoms with Crippen molar-refractivity contribution in [1.82, 2.24) is 5.32 Å². The Morgan fingerprint density at radius 3 is 2.52 bits per heavy atom. The number of rotatable bonds is 4. The van der Waals surface area contributed by atoms with E-state index in [1.54, 1.807) is 27.7 Å². The van der Waals surface area contributed by atoms with Crippen LogP contribution in [0.15, 0.2) is 12.1 Å². The van der Waals surface area contributed by atoms with Gasteiger partial charge in [0.1, 0.15) is 17.2 Å². The fourth-order valence-electron chi connectivity index (χ4n) is 1.88. The summed E-state index contributed by atoms with van der Waals surface area (Å²) >= 11 is 0. The molecule has 1 atom stereocenters. The van der Waals surface area contributed by atoms with Crippen molar-refractivity contribution < 1.29 is 18.3 Å². The highest BCUT2D eigenvalue weighted by Gasteiger charge is 2.22. The molecule has 0 spiro atoms. The van der Waals surface area contributed by atoms with Gasteiger partial charge in [-0.15, -0.1) is 0 Å². The average molecular weight is 300 g/mol. The third-order valence-electron chi connectivity index (χ3n) is 2.90. The van der Waals surface area contributed by atoms with Crippen molar-refractivity contribution in [1.29, 1.82) is 0 Å². The number of aryl methyl sites for hydroxylation is 1. The molecule has 118 valence electrons. The fraction of sp³-hybridized carbons (Fsp3) is 0.533. The van der Waals surface area contributed by atoms with E-state index in [2.05, 4.69) is 5.32 Å². The topological polar surface area (TPSA) is 64.3 Å². The van der Waals surface area contributed by atoms with Crippen molar-refractivity contribution in [3.05, 3.63) is 34.9 Å². The van der Waals surface area contributed by atoms with Gasteiger partial charge in [-0.1, -0.05) is 6.07 Å². The molecule has 1 unspecified atom stereocenters. The van der Waals surface area contributed by atoms with E-state index >= 15 is 0 Å². The Balaban J connectivity index is 2.81. The normalized spacial score (nSPS) is 12.9. The Hall–Kier alpha value is -1.69. The van der Waals surface area contributed by atoms with Crippen molar-refractivity contribution in [3.8, 4) is 0 Å². The number of amides is 1. The molecule has 6 heteroatoms. The Morgan fingerprint density at radius 1 is 1.38 bits per heavy atom. The summed E-state index contributed by atoms with van der Waals surface area (Å²) in [5.74, 6) is -1.95. The number of hydrogen-bond acceptors (Lipinski definition) is 3. The number of benzene rings is 1. The Morgan fingerprint density at radius 2 is 2.00 bits per heavy atom. The van der Waals surface area contributed by atoms with Gasteiger partial charge in [0.2, 0.25) is 0 Å². The number of halogens is 2. The lowest BCUT2D eigenvalue weighted by molar-refractivity contribution is 0.0524. The summed E-state index contributed by atoms with van der Waals surface area (Å²) in [6.45, 7) is 6.75. The third-order valence-corrected chi connectivity index (χ3v) is 2.90. The van der Waals surface area contributed by atoms with Gasteiger partial charge in [-0.25, -0.2) is 13.6 Å². The predicted octanol–water partition coefficient (Wildman–Crippen LogP) is 2.84. The first-order valence-corrected chi connectivity index (χ1v) is 6.77. The molecule has 1 aromatic carbocycles. The maximum absolute atomic E-state index is 14.1. The van der Waals surface area contributed by atoms with E-state index in [1.165, 1.54) is 12.1 Å². The van der Waals surface area contributed by atoms with Crippen LogP contribution >= 0.6 is 0 Å². The molecule has 0 fully saturated rings. The van der Waals surface area contributed by atoms with Crippen molar-refractivity contribution in [2.75, 3.05) is 13.1 Å². The van der Waals surface area contributed by atoms with E-state index in [1.807, 2.05) is 0 Å². The van der Waals surface area contributed by atoms with Crippen LogP contribution in [0.5, 0.6) is 0 Å². The van der Waals surface area contributed by atoms with Gasteiger partial charge in [0, 0.05) is 24.6 Å². The zero-order valence-electron chi connectivity index (χ0n) is 12.8. The lowest BCUT2D eigenvalue weighted by Crippen LogP contribution is -2.36. The maximum atomic E-state index is 14.1. The van der Waals surface area contributed by atoms with Crippen LogP contribution in [0.4, 0.5) is 13.6 Å². The highest BCUT2D eigenvalue weighted by molar-refractivity contribution is 5.67. The van der Waals surface area contributed by atoms with Crippen molar-refractivity contribution in [3.63, 3.8) is 0 Å². The minimum absolute atomic E-state index is 0.00269. The summed E-state index contributed by atoms with van der Waals surface area (Å²) in [6, 6.07) is 2.56. The molecular weight excluding hydrogens is 278 g/mol. The average Bonchev–Trinajstić information content (AvgIpc) is 2.36. The number of alkyl carbamates (subject to hydrolysis) is 1. The molecule has 21 heavy (non-hydrogen) atoms. The molecule has 0 radical (unpaired) electrons. The summed E-state index contributed by atoms with van der Waals surface area (Å²) in [4.78, 5) is 11.6. The number of carbonyl (C=O) groups excluding carboxylic acids is 1. The Kier molecular flexibility index (Phi) is 5.66. The molecule has 3 N–H and O–H groups in total. The van der Waals surface area contributed by atoms with Gasteiger partial charge in [-0.2, -0.15) is 0 Å². The minimum atomic E-state index is -0.667. The Labute approximate surface area is 123 Å². The molecule has 0 heterocycles. The summed E-state index contributed by atoms with van der Waals surface area (Å²) in [5, 5.41) is 2.49. The van der Waals surface area contributed by atoms with Gasteiger partial charge < -0.3 is 15.8 Å². The van der Waals surface area contributed by atoms with Gasteiger partial charge in [-0.05, 0) is 39.3 Å². The molecule has 0 aliphatic carbocycles. The third kappa shape index (κ3) is 4.97. The highest BCUT2D eigenvalue weighted by atomic mass is 19.1. The van der Waals surface area contributed by atoms with E-state index in [0.717, 1.165) is 0 Å². The first-order chi connectivity index (χ1) is 9.65. The summed E-state index contributed by atoms with van der Waals surface area (Å²) < 4.78 is 33.0. The molecular formula is C15H22F2N2O2. The monoisotopic (exact) mass is 300 g/mol. The van der Waals surface area contributed by atoms with Crippen LogP contribution in [0.1, 0.15) is 37.8 Å². The van der Waals surface area contributed by atoms with Gasteiger partial charge in [0.25, 0.3) is 0 Å². The number of hydrogen-bond donors (Lipinski definition) is 2. The largest absolute Gasteiger partial charge is 0.444 e. The summed E-state index contributed by atoms with van der Waals surface area (Å²) in [5.41, 5.74) is 5.18. The molecule has 1 rings (SSSR count). The molecule has 0 aromatic heterocycles. The second-order valence-electron chi connectivity index (χ2n) is 5.91. The zero-order chi connectivity index (χ0) is 16.2. The Bertz CT molecular complexity index is 513. The summed E-state index contributed by atoms with van der Waals surface area (Å²) in [6.07, 6.45) is -0.644. The molecule has 0 saturated carbocycles. The van der Waals surface area contributed by atoms with Crippen molar-refractivity contribution >= 4 is 6.09 Å². The predicted molar refractivity (Wildman–Crippen MR) is 77.1 cm³/mol. The lowest BCUT2D eigenvalue weighted by Gasteiger charge is -2.22. The zero-order valence-corrected chi connectivity index (χ0v) is 12.8. The molecule has 0 bridgehead atoms. The minimum Gasteiger partial charge on any atom is -0.444 e. The van der Waals surface area contributed by atoms with E-state index < -0.39 is 29.2 Å². The van der Waals surface area contributed by atoms with Crippen LogP contribution in [0.3, 0.4) is 0 Å². The van der Waals surface area contributed by atoms with Crippen LogP contribution in [0, 0.1) is 18.6 Å². The van der Waals surface area contributed by atoms with E-state index in [9.17, 15) is 13.6 Å². The van der Waals surface area contributed by atoms with Crippen LogP contribution in [-0.4, -0.2) is 24.8 Å². The van der Waals surface area contributed by atoms with Gasteiger partial charge in [-0.3, -0.25) is 0 Å². The number of nitrogens with two attached hydrogens (primary N) is 1. The second kappa shape index (κ2) is 6.85. The van der Waals surface area contributed by atoms with Crippen LogP contribution < -0.4 is 11.1 Å². The second-order valence-corrected chi connectivity index (χ2v) is 5.91. The number of ether oxygens (including phenoxy) is 1. The molecule has 0 saturated heterocycles. The first kappa shape index (κ1) is 17.4. The van der Waals surface area contributed by atoms with Crippen molar-refractivity contribution in [2.24, 2.45) is 5.73 Å². The van der Waals surface area contributed by atoms with Crippen LogP contribution in [0.2, 0.25) is 0 Å². The fourth-order valence-corrected chi connectivity index (χ4v) is 1.88. The standard InChI is InChI=1S/C15H22F2N2O2/c1-9-5-6-11(16)12(13(9)17)10(7-18)8-19-14(20)21-15(2,3)4/h5-6,10H,7-8,18H2,1-4H3,(H,19,20). The molecule has 0 aliphatic heterocycles. The van der Waals surface area contributed by atoms with Gasteiger partial charge in [0.15, 0.2) is 0 Å². The molecule has 4 nitrogen and oxygen atoms in total. The molecule has 0 aliphatic rings. The first-order valence-electron chi connectivity index (χ1n) is 6.77. The van der Waals surface area contributed by atoms with Crippen LogP contribution in [0.25, 0.3) is 0 Å². The SMILES string of the molecule is Cc1ccc(F)c(C(CN)CNC(=O)OC(C)(C)C)c1F. The van der Waals surface area contributed by atoms with Gasteiger partial charge in [0.05, 0.1) is 0 Å². The van der Waals surface area contributed by atoms with Crippen molar-refractivity contribution in [2.45, 2.75) is 39.2 Å². The van der Waals surface area contributed by atoms with E-state index in [0.29, 0.717) is 5.56 Å². The molecule has 1 amide bonds. The highest BCUT2D eigenvalue weighted by Crippen LogP contribution is 2.24. The maximum Gasteiger partial charge on any atom is 0.407 e. The smallest absolute Gasteiger partial charge is 0.407 e. The quantitative estimate of drug-likeness (QED) is 0.898. The summed E-state index contributed by atoms with van der Waals surface area (Å²) in [7, 11) is 0. The van der Waals surface area contributed by atoms with Crippen LogP contribution in [-0.2, 0) is 4.74 Å². The van der Waals surface area contributed by atoms with E-state index in [4.69, 9.17) is 10.5 Å².